The predicted octanol–water partition coefficient (Wildman–Crippen LogP) is 0.944. The van der Waals surface area contributed by atoms with Crippen molar-refractivity contribution in [3.63, 3.8) is 0 Å². The Morgan fingerprint density at radius 1 is 1.55 bits per heavy atom. The van der Waals surface area contributed by atoms with Gasteiger partial charge in [-0.3, -0.25) is 4.79 Å². The average Bonchev–Trinajstić information content (AvgIpc) is 2.83. The number of rotatable bonds is 9. The molecule has 5 nitrogen and oxygen atoms in total. The van der Waals surface area contributed by atoms with Gasteiger partial charge in [0.05, 0.1) is 7.11 Å². The molecule has 0 aromatic carbocycles. The lowest BCUT2D eigenvalue weighted by molar-refractivity contribution is -0.143. The number of hydrogen-bond acceptors (Lipinski definition) is 5. The Balaban J connectivity index is 2.31. The molecule has 0 aromatic heterocycles. The molecular formula is C15H31N3O2. The molecule has 1 N–H and O–H groups in total. The Labute approximate surface area is 123 Å². The third kappa shape index (κ3) is 5.77. The van der Waals surface area contributed by atoms with Crippen molar-refractivity contribution in [2.45, 2.75) is 44.7 Å². The van der Waals surface area contributed by atoms with E-state index in [1.807, 2.05) is 0 Å². The van der Waals surface area contributed by atoms with E-state index in [1.165, 1.54) is 26.5 Å². The number of nitrogens with zero attached hydrogens (tertiary/aromatic N) is 2. The van der Waals surface area contributed by atoms with E-state index in [-0.39, 0.29) is 12.0 Å². The maximum Gasteiger partial charge on any atom is 0.322 e. The second-order valence-corrected chi connectivity index (χ2v) is 5.86. The minimum absolute atomic E-state index is 0.148. The van der Waals surface area contributed by atoms with Crippen LogP contribution in [-0.2, 0) is 9.53 Å². The highest BCUT2D eigenvalue weighted by Crippen LogP contribution is 2.15. The number of ether oxygens (including phenoxy) is 1. The minimum Gasteiger partial charge on any atom is -0.468 e. The van der Waals surface area contributed by atoms with Gasteiger partial charge in [0.15, 0.2) is 0 Å². The maximum absolute atomic E-state index is 11.7. The molecule has 0 aliphatic carbocycles. The normalized spacial score (nSPS) is 21.4. The van der Waals surface area contributed by atoms with Crippen LogP contribution in [0.5, 0.6) is 0 Å². The second kappa shape index (κ2) is 9.32. The van der Waals surface area contributed by atoms with Crippen molar-refractivity contribution >= 4 is 5.97 Å². The number of likely N-dealkylation sites (N-methyl/N-ethyl adjacent to an activating group) is 2. The van der Waals surface area contributed by atoms with Crippen molar-refractivity contribution in [3.05, 3.63) is 0 Å². The summed E-state index contributed by atoms with van der Waals surface area (Å²) in [6, 6.07) is 0.490. The van der Waals surface area contributed by atoms with Gasteiger partial charge in [0.1, 0.15) is 6.04 Å². The Morgan fingerprint density at radius 3 is 2.85 bits per heavy atom. The number of methoxy groups -OCH3 is 1. The summed E-state index contributed by atoms with van der Waals surface area (Å²) < 4.78 is 4.86. The number of carbonyl (C=O) groups excluding carboxylic acids is 1. The van der Waals surface area contributed by atoms with Crippen LogP contribution in [0.15, 0.2) is 0 Å². The maximum atomic E-state index is 11.7. The fraction of sp³-hybridized carbons (Fsp3) is 0.933. The Morgan fingerprint density at radius 2 is 2.30 bits per heavy atom. The van der Waals surface area contributed by atoms with Crippen LogP contribution < -0.4 is 5.32 Å². The monoisotopic (exact) mass is 285 g/mol. The first-order valence-corrected chi connectivity index (χ1v) is 7.78. The number of carbonyl (C=O) groups is 1. The average molecular weight is 285 g/mol. The molecule has 2 unspecified atom stereocenters. The molecule has 1 saturated heterocycles. The molecule has 5 heteroatoms. The Bertz CT molecular complexity index is 286. The quantitative estimate of drug-likeness (QED) is 0.639. The molecule has 0 saturated carbocycles. The van der Waals surface area contributed by atoms with E-state index >= 15 is 0 Å². The highest BCUT2D eigenvalue weighted by atomic mass is 16.5. The van der Waals surface area contributed by atoms with Gasteiger partial charge in [-0.25, -0.2) is 0 Å². The third-order valence-electron chi connectivity index (χ3n) is 4.12. The summed E-state index contributed by atoms with van der Waals surface area (Å²) in [4.78, 5) is 16.5. The SMILES string of the molecule is CCCNC(CCN(C)CC1CCCN1C)C(=O)OC. The smallest absolute Gasteiger partial charge is 0.322 e. The van der Waals surface area contributed by atoms with E-state index < -0.39 is 0 Å². The molecule has 118 valence electrons. The van der Waals surface area contributed by atoms with Crippen LogP contribution in [0.4, 0.5) is 0 Å². The van der Waals surface area contributed by atoms with Gasteiger partial charge in [-0.2, -0.15) is 0 Å². The number of hydrogen-bond donors (Lipinski definition) is 1. The van der Waals surface area contributed by atoms with Gasteiger partial charge < -0.3 is 19.9 Å². The van der Waals surface area contributed by atoms with E-state index in [1.54, 1.807) is 0 Å². The molecule has 1 fully saturated rings. The van der Waals surface area contributed by atoms with Crippen molar-refractivity contribution < 1.29 is 9.53 Å². The van der Waals surface area contributed by atoms with Crippen molar-refractivity contribution in [2.75, 3.05) is 47.4 Å². The lowest BCUT2D eigenvalue weighted by atomic mass is 10.1. The zero-order chi connectivity index (χ0) is 15.0. The molecule has 1 rings (SSSR count). The van der Waals surface area contributed by atoms with Crippen LogP contribution >= 0.6 is 0 Å². The van der Waals surface area contributed by atoms with Crippen molar-refractivity contribution in [1.82, 2.24) is 15.1 Å². The van der Waals surface area contributed by atoms with E-state index in [0.717, 1.165) is 32.5 Å². The van der Waals surface area contributed by atoms with Gasteiger partial charge >= 0.3 is 5.97 Å². The van der Waals surface area contributed by atoms with Gasteiger partial charge in [-0.15, -0.1) is 0 Å². The van der Waals surface area contributed by atoms with Crippen LogP contribution in [0.2, 0.25) is 0 Å². The largest absolute Gasteiger partial charge is 0.468 e. The molecule has 20 heavy (non-hydrogen) atoms. The first-order chi connectivity index (χ1) is 9.58. The van der Waals surface area contributed by atoms with E-state index in [4.69, 9.17) is 4.74 Å². The van der Waals surface area contributed by atoms with Gasteiger partial charge in [0.25, 0.3) is 0 Å². The molecule has 0 radical (unpaired) electrons. The van der Waals surface area contributed by atoms with Gasteiger partial charge in [-0.1, -0.05) is 6.92 Å². The summed E-state index contributed by atoms with van der Waals surface area (Å²) in [5, 5.41) is 3.27. The number of nitrogens with one attached hydrogen (secondary N) is 1. The highest BCUT2D eigenvalue weighted by molar-refractivity contribution is 5.75. The zero-order valence-electron chi connectivity index (χ0n) is 13.5. The lowest BCUT2D eigenvalue weighted by Crippen LogP contribution is -2.42. The van der Waals surface area contributed by atoms with E-state index in [0.29, 0.717) is 6.04 Å². The van der Waals surface area contributed by atoms with Crippen molar-refractivity contribution in [1.29, 1.82) is 0 Å². The number of esters is 1. The number of likely N-dealkylation sites (tertiary alicyclic amines) is 1. The van der Waals surface area contributed by atoms with Crippen molar-refractivity contribution in [2.24, 2.45) is 0 Å². The van der Waals surface area contributed by atoms with Crippen LogP contribution in [0.1, 0.15) is 32.6 Å². The van der Waals surface area contributed by atoms with Gasteiger partial charge in [-0.05, 0) is 59.4 Å². The third-order valence-corrected chi connectivity index (χ3v) is 4.12. The Hall–Kier alpha value is -0.650. The first-order valence-electron chi connectivity index (χ1n) is 7.78. The topological polar surface area (TPSA) is 44.8 Å². The van der Waals surface area contributed by atoms with Crippen LogP contribution in [0.25, 0.3) is 0 Å². The summed E-state index contributed by atoms with van der Waals surface area (Å²) >= 11 is 0. The first kappa shape index (κ1) is 17.4. The molecule has 0 bridgehead atoms. The summed E-state index contributed by atoms with van der Waals surface area (Å²) in [6.07, 6.45) is 4.42. The predicted molar refractivity (Wildman–Crippen MR) is 81.9 cm³/mol. The molecule has 2 atom stereocenters. The molecule has 1 aliphatic rings. The summed E-state index contributed by atoms with van der Waals surface area (Å²) in [5.74, 6) is -0.148. The van der Waals surface area contributed by atoms with E-state index in [9.17, 15) is 4.79 Å². The molecule has 0 aromatic rings. The molecule has 1 heterocycles. The summed E-state index contributed by atoms with van der Waals surface area (Å²) in [6.45, 7) is 6.17. The van der Waals surface area contributed by atoms with Gasteiger partial charge in [0.2, 0.25) is 0 Å². The molecule has 1 aliphatic heterocycles. The van der Waals surface area contributed by atoms with Crippen LogP contribution in [0.3, 0.4) is 0 Å². The zero-order valence-corrected chi connectivity index (χ0v) is 13.5. The minimum atomic E-state index is -0.177. The van der Waals surface area contributed by atoms with E-state index in [2.05, 4.69) is 36.1 Å². The lowest BCUT2D eigenvalue weighted by Gasteiger charge is -2.27. The second-order valence-electron chi connectivity index (χ2n) is 5.86. The molecule has 0 amide bonds. The highest BCUT2D eigenvalue weighted by Gasteiger charge is 2.23. The van der Waals surface area contributed by atoms with Gasteiger partial charge in [0, 0.05) is 12.6 Å². The van der Waals surface area contributed by atoms with Crippen LogP contribution in [0, 0.1) is 0 Å². The van der Waals surface area contributed by atoms with Crippen molar-refractivity contribution in [3.8, 4) is 0 Å². The summed E-state index contributed by atoms with van der Waals surface area (Å²) in [5.41, 5.74) is 0. The Kier molecular flexibility index (Phi) is 8.11. The molecule has 0 spiro atoms. The summed E-state index contributed by atoms with van der Waals surface area (Å²) in [7, 11) is 5.80. The molecular weight excluding hydrogens is 254 g/mol. The fourth-order valence-electron chi connectivity index (χ4n) is 2.77. The van der Waals surface area contributed by atoms with Crippen LogP contribution in [-0.4, -0.2) is 75.2 Å². The fourth-order valence-corrected chi connectivity index (χ4v) is 2.77. The standard InChI is InChI=1S/C15H31N3O2/c1-5-9-16-14(15(19)20-4)8-11-17(2)12-13-7-6-10-18(13)3/h13-14,16H,5-12H2,1-4H3.